The van der Waals surface area contributed by atoms with Crippen LogP contribution < -0.4 is 5.69 Å². The van der Waals surface area contributed by atoms with Crippen molar-refractivity contribution in [1.29, 1.82) is 0 Å². The summed E-state index contributed by atoms with van der Waals surface area (Å²) >= 11 is 1.98. The Bertz CT molecular complexity index is 678. The van der Waals surface area contributed by atoms with Crippen molar-refractivity contribution < 1.29 is 0 Å². The molecule has 20 heavy (non-hydrogen) atoms. The first-order valence-corrected chi connectivity index (χ1v) is 8.17. The van der Waals surface area contributed by atoms with E-state index in [0.717, 1.165) is 23.1 Å². The van der Waals surface area contributed by atoms with Crippen LogP contribution in [0.4, 0.5) is 0 Å². The molecule has 0 amide bonds. The van der Waals surface area contributed by atoms with Crippen LogP contribution in [-0.4, -0.2) is 39.2 Å². The number of H-pyrrole nitrogens is 2. The number of hydrogen-bond acceptors (Lipinski definition) is 3. The average molecular weight is 289 g/mol. The SMILES string of the molecule is CN1[C@@H]2CC[C@H]1CC(Sc1ccc3[nH]c(=O)[nH]c3c1)C2. The summed E-state index contributed by atoms with van der Waals surface area (Å²) in [7, 11) is 2.28. The van der Waals surface area contributed by atoms with Crippen LogP contribution in [0.1, 0.15) is 25.7 Å². The van der Waals surface area contributed by atoms with E-state index in [2.05, 4.69) is 34.0 Å². The second kappa shape index (κ2) is 4.67. The third-order valence-electron chi connectivity index (χ3n) is 4.85. The fourth-order valence-electron chi connectivity index (χ4n) is 3.74. The number of piperidine rings is 1. The molecule has 0 spiro atoms. The zero-order valence-electron chi connectivity index (χ0n) is 11.6. The molecule has 3 atom stereocenters. The molecule has 2 bridgehead atoms. The Morgan fingerprint density at radius 1 is 1.15 bits per heavy atom. The standard InChI is InChI=1S/C15H19N3OS/c1-18-9-2-3-10(18)7-12(6-9)20-11-4-5-13-14(8-11)17-15(19)16-13/h4-5,8-10,12H,2-3,6-7H2,1H3,(H2,16,17,19)/t9-,10+,12?. The number of aromatic nitrogens is 2. The van der Waals surface area contributed by atoms with Crippen molar-refractivity contribution in [3.8, 4) is 0 Å². The highest BCUT2D eigenvalue weighted by atomic mass is 32.2. The van der Waals surface area contributed by atoms with Gasteiger partial charge in [0.05, 0.1) is 11.0 Å². The van der Waals surface area contributed by atoms with Crippen molar-refractivity contribution in [2.24, 2.45) is 0 Å². The molecule has 1 aromatic heterocycles. The Kier molecular flexibility index (Phi) is 2.93. The number of imidazole rings is 1. The molecule has 2 aliphatic rings. The van der Waals surface area contributed by atoms with Crippen molar-refractivity contribution in [1.82, 2.24) is 14.9 Å². The Morgan fingerprint density at radius 2 is 1.85 bits per heavy atom. The molecular weight excluding hydrogens is 270 g/mol. The number of fused-ring (bicyclic) bond motifs is 3. The normalized spacial score (nSPS) is 30.1. The maximum absolute atomic E-state index is 11.3. The summed E-state index contributed by atoms with van der Waals surface area (Å²) < 4.78 is 0. The first kappa shape index (κ1) is 12.5. The number of thioether (sulfide) groups is 1. The summed E-state index contributed by atoms with van der Waals surface area (Å²) in [5.41, 5.74) is 1.68. The molecule has 0 saturated carbocycles. The predicted molar refractivity (Wildman–Crippen MR) is 82.4 cm³/mol. The molecule has 2 saturated heterocycles. The van der Waals surface area contributed by atoms with E-state index in [1.165, 1.54) is 30.6 Å². The van der Waals surface area contributed by atoms with Gasteiger partial charge in [-0.2, -0.15) is 0 Å². The van der Waals surface area contributed by atoms with Gasteiger partial charge < -0.3 is 14.9 Å². The van der Waals surface area contributed by atoms with E-state index < -0.39 is 0 Å². The van der Waals surface area contributed by atoms with Gasteiger partial charge in [0.1, 0.15) is 0 Å². The summed E-state index contributed by atoms with van der Waals surface area (Å²) in [6.07, 6.45) is 5.31. The molecule has 2 fully saturated rings. The molecule has 0 radical (unpaired) electrons. The molecule has 1 unspecified atom stereocenters. The Morgan fingerprint density at radius 3 is 2.60 bits per heavy atom. The van der Waals surface area contributed by atoms with Gasteiger partial charge in [0, 0.05) is 22.2 Å². The Balaban J connectivity index is 1.54. The molecule has 2 aromatic rings. The largest absolute Gasteiger partial charge is 0.323 e. The first-order chi connectivity index (χ1) is 9.69. The van der Waals surface area contributed by atoms with Crippen molar-refractivity contribution in [3.63, 3.8) is 0 Å². The molecule has 2 N–H and O–H groups in total. The number of nitrogens with one attached hydrogen (secondary N) is 2. The van der Waals surface area contributed by atoms with Crippen LogP contribution in [0, 0.1) is 0 Å². The minimum absolute atomic E-state index is 0.125. The second-order valence-electron chi connectivity index (χ2n) is 6.05. The topological polar surface area (TPSA) is 51.9 Å². The van der Waals surface area contributed by atoms with Crippen LogP contribution in [0.3, 0.4) is 0 Å². The highest BCUT2D eigenvalue weighted by Gasteiger charge is 2.38. The Labute approximate surface area is 121 Å². The molecule has 1 aromatic carbocycles. The molecule has 5 heteroatoms. The quantitative estimate of drug-likeness (QED) is 0.893. The second-order valence-corrected chi connectivity index (χ2v) is 7.42. The van der Waals surface area contributed by atoms with Gasteiger partial charge in [-0.05, 0) is 50.9 Å². The number of nitrogens with zero attached hydrogens (tertiary/aromatic N) is 1. The zero-order valence-corrected chi connectivity index (χ0v) is 12.4. The maximum Gasteiger partial charge on any atom is 0.323 e. The number of aromatic amines is 2. The fraction of sp³-hybridized carbons (Fsp3) is 0.533. The van der Waals surface area contributed by atoms with Crippen LogP contribution in [0.5, 0.6) is 0 Å². The van der Waals surface area contributed by atoms with E-state index >= 15 is 0 Å². The maximum atomic E-state index is 11.3. The van der Waals surface area contributed by atoms with Gasteiger partial charge in [0.15, 0.2) is 0 Å². The summed E-state index contributed by atoms with van der Waals surface area (Å²) in [5.74, 6) is 0. The average Bonchev–Trinajstić information content (AvgIpc) is 2.85. The van der Waals surface area contributed by atoms with E-state index in [0.29, 0.717) is 5.25 Å². The van der Waals surface area contributed by atoms with Gasteiger partial charge in [0.25, 0.3) is 0 Å². The molecule has 0 aliphatic carbocycles. The monoisotopic (exact) mass is 289 g/mol. The zero-order chi connectivity index (χ0) is 13.7. The number of benzene rings is 1. The molecule has 106 valence electrons. The highest BCUT2D eigenvalue weighted by molar-refractivity contribution is 8.00. The molecule has 4 nitrogen and oxygen atoms in total. The first-order valence-electron chi connectivity index (χ1n) is 7.30. The third kappa shape index (κ3) is 2.09. The summed E-state index contributed by atoms with van der Waals surface area (Å²) in [6.45, 7) is 0. The fourth-order valence-corrected chi connectivity index (χ4v) is 5.09. The van der Waals surface area contributed by atoms with Crippen molar-refractivity contribution in [3.05, 3.63) is 28.7 Å². The van der Waals surface area contributed by atoms with Crippen LogP contribution in [0.2, 0.25) is 0 Å². The van der Waals surface area contributed by atoms with Crippen molar-refractivity contribution >= 4 is 22.8 Å². The van der Waals surface area contributed by atoms with Gasteiger partial charge in [-0.3, -0.25) is 0 Å². The lowest BCUT2D eigenvalue weighted by Gasteiger charge is -2.36. The van der Waals surface area contributed by atoms with E-state index in [1.807, 2.05) is 17.8 Å². The number of rotatable bonds is 2. The molecule has 2 aliphatic heterocycles. The van der Waals surface area contributed by atoms with Crippen molar-refractivity contribution in [2.75, 3.05) is 7.05 Å². The van der Waals surface area contributed by atoms with Crippen LogP contribution in [0.15, 0.2) is 27.9 Å². The minimum Gasteiger partial charge on any atom is -0.306 e. The van der Waals surface area contributed by atoms with Gasteiger partial charge in [-0.25, -0.2) is 4.79 Å². The van der Waals surface area contributed by atoms with Crippen LogP contribution >= 0.6 is 11.8 Å². The van der Waals surface area contributed by atoms with Crippen molar-refractivity contribution in [2.45, 2.75) is 47.9 Å². The van der Waals surface area contributed by atoms with E-state index in [9.17, 15) is 4.79 Å². The van der Waals surface area contributed by atoms with Gasteiger partial charge >= 0.3 is 5.69 Å². The predicted octanol–water partition coefficient (Wildman–Crippen LogP) is 2.57. The molecule has 3 heterocycles. The minimum atomic E-state index is -0.125. The summed E-state index contributed by atoms with van der Waals surface area (Å²) in [5, 5.41) is 0.715. The lowest BCUT2D eigenvalue weighted by molar-refractivity contribution is 0.183. The van der Waals surface area contributed by atoms with Crippen LogP contribution in [0.25, 0.3) is 11.0 Å². The smallest absolute Gasteiger partial charge is 0.306 e. The lowest BCUT2D eigenvalue weighted by atomic mass is 10.0. The molecular formula is C15H19N3OS. The summed E-state index contributed by atoms with van der Waals surface area (Å²) in [4.78, 5) is 20.8. The van der Waals surface area contributed by atoms with E-state index in [4.69, 9.17) is 0 Å². The van der Waals surface area contributed by atoms with Gasteiger partial charge in [0.2, 0.25) is 0 Å². The lowest BCUT2D eigenvalue weighted by Crippen LogP contribution is -2.40. The Hall–Kier alpha value is -1.20. The highest BCUT2D eigenvalue weighted by Crippen LogP contribution is 2.41. The third-order valence-corrected chi connectivity index (χ3v) is 6.09. The van der Waals surface area contributed by atoms with Gasteiger partial charge in [-0.1, -0.05) is 0 Å². The van der Waals surface area contributed by atoms with Gasteiger partial charge in [-0.15, -0.1) is 11.8 Å². The summed E-state index contributed by atoms with van der Waals surface area (Å²) in [6, 6.07) is 7.78. The van der Waals surface area contributed by atoms with E-state index in [-0.39, 0.29) is 5.69 Å². The van der Waals surface area contributed by atoms with E-state index in [1.54, 1.807) is 0 Å². The molecule has 4 rings (SSSR count). The number of hydrogen-bond donors (Lipinski definition) is 2. The van der Waals surface area contributed by atoms with Crippen LogP contribution in [-0.2, 0) is 0 Å².